The van der Waals surface area contributed by atoms with Crippen LogP contribution in [0.2, 0.25) is 10.0 Å². The van der Waals surface area contributed by atoms with E-state index in [4.69, 9.17) is 33.7 Å². The lowest BCUT2D eigenvalue weighted by Crippen LogP contribution is -2.19. The highest BCUT2D eigenvalue weighted by atomic mass is 35.5. The molecular weight excluding hydrogens is 303 g/mol. The minimum Gasteiger partial charge on any atom is -0.466 e. The molecule has 0 heterocycles. The number of rotatable bonds is 4. The Bertz CT molecular complexity index is 429. The molecule has 1 rings (SSSR count). The number of carbonyl (C=O) groups excluding carboxylic acids is 1. The first kappa shape index (κ1) is 17.4. The van der Waals surface area contributed by atoms with Crippen LogP contribution in [0.3, 0.4) is 0 Å². The number of ether oxygens (including phenoxy) is 1. The van der Waals surface area contributed by atoms with Crippen LogP contribution in [-0.2, 0) is 9.53 Å². The summed E-state index contributed by atoms with van der Waals surface area (Å²) in [5.41, 5.74) is 5.75. The van der Waals surface area contributed by atoms with Gasteiger partial charge in [0.25, 0.3) is 0 Å². The van der Waals surface area contributed by atoms with Gasteiger partial charge in [-0.2, -0.15) is 0 Å². The van der Waals surface area contributed by atoms with E-state index in [1.807, 2.05) is 0 Å². The Morgan fingerprint density at radius 3 is 2.56 bits per heavy atom. The normalized spacial score (nSPS) is 11.6. The quantitative estimate of drug-likeness (QED) is 0.683. The first-order chi connectivity index (χ1) is 7.97. The maximum absolute atomic E-state index is 13.7. The van der Waals surface area contributed by atoms with Gasteiger partial charge >= 0.3 is 5.97 Å². The van der Waals surface area contributed by atoms with Gasteiger partial charge in [-0.15, -0.1) is 12.4 Å². The van der Waals surface area contributed by atoms with E-state index in [1.165, 1.54) is 12.1 Å². The Morgan fingerprint density at radius 1 is 1.44 bits per heavy atom. The maximum atomic E-state index is 13.7. The summed E-state index contributed by atoms with van der Waals surface area (Å²) < 4.78 is 18.4. The SMILES string of the molecule is CCOC(=O)C[C@@H](N)c1c(Cl)ccc(Cl)c1F.Cl. The lowest BCUT2D eigenvalue weighted by molar-refractivity contribution is -0.143. The Hall–Kier alpha value is -0.550. The number of halogens is 4. The zero-order valence-electron chi connectivity index (χ0n) is 9.58. The van der Waals surface area contributed by atoms with Crippen molar-refractivity contribution in [1.82, 2.24) is 0 Å². The van der Waals surface area contributed by atoms with Gasteiger partial charge in [-0.1, -0.05) is 23.2 Å². The van der Waals surface area contributed by atoms with Gasteiger partial charge in [-0.05, 0) is 19.1 Å². The second-order valence-electron chi connectivity index (χ2n) is 3.37. The van der Waals surface area contributed by atoms with Gasteiger partial charge in [-0.3, -0.25) is 4.79 Å². The van der Waals surface area contributed by atoms with E-state index in [-0.39, 0.29) is 41.0 Å². The summed E-state index contributed by atoms with van der Waals surface area (Å²) in [6.07, 6.45) is -0.148. The standard InChI is InChI=1S/C11H12Cl2FNO2.ClH/c1-2-17-9(16)5-8(15)10-6(12)3-4-7(13)11(10)14;/h3-4,8H,2,5,15H2,1H3;1H/t8-;/m1./s1. The first-order valence-corrected chi connectivity index (χ1v) is 5.77. The highest BCUT2D eigenvalue weighted by Gasteiger charge is 2.21. The Kier molecular flexibility index (Phi) is 7.55. The van der Waals surface area contributed by atoms with Crippen LogP contribution in [0.4, 0.5) is 4.39 Å². The van der Waals surface area contributed by atoms with Crippen LogP contribution < -0.4 is 5.73 Å². The molecule has 0 aliphatic rings. The van der Waals surface area contributed by atoms with Crippen molar-refractivity contribution in [2.24, 2.45) is 5.73 Å². The molecule has 1 atom stereocenters. The molecule has 3 nitrogen and oxygen atoms in total. The number of carbonyl (C=O) groups is 1. The summed E-state index contributed by atoms with van der Waals surface area (Å²) in [7, 11) is 0. The van der Waals surface area contributed by atoms with Crippen molar-refractivity contribution in [3.63, 3.8) is 0 Å². The van der Waals surface area contributed by atoms with E-state index in [0.717, 1.165) is 0 Å². The van der Waals surface area contributed by atoms with E-state index in [0.29, 0.717) is 0 Å². The molecule has 1 aromatic carbocycles. The fraction of sp³-hybridized carbons (Fsp3) is 0.364. The van der Waals surface area contributed by atoms with Crippen LogP contribution in [-0.4, -0.2) is 12.6 Å². The zero-order valence-corrected chi connectivity index (χ0v) is 11.9. The molecule has 2 N–H and O–H groups in total. The molecule has 0 amide bonds. The molecule has 0 aliphatic carbocycles. The Morgan fingerprint density at radius 2 is 2.00 bits per heavy atom. The van der Waals surface area contributed by atoms with E-state index in [2.05, 4.69) is 0 Å². The van der Waals surface area contributed by atoms with Crippen LogP contribution in [0.15, 0.2) is 12.1 Å². The van der Waals surface area contributed by atoms with Gasteiger partial charge in [0.05, 0.1) is 18.1 Å². The minimum atomic E-state index is -0.875. The number of esters is 1. The predicted molar refractivity (Wildman–Crippen MR) is 71.8 cm³/mol. The maximum Gasteiger partial charge on any atom is 0.307 e. The largest absolute Gasteiger partial charge is 0.466 e. The van der Waals surface area contributed by atoms with Gasteiger partial charge in [0.2, 0.25) is 0 Å². The smallest absolute Gasteiger partial charge is 0.307 e. The molecule has 0 fully saturated rings. The minimum absolute atomic E-state index is 0. The van der Waals surface area contributed by atoms with Crippen molar-refractivity contribution in [2.45, 2.75) is 19.4 Å². The van der Waals surface area contributed by atoms with Gasteiger partial charge in [0.1, 0.15) is 5.82 Å². The fourth-order valence-corrected chi connectivity index (χ4v) is 1.84. The van der Waals surface area contributed by atoms with E-state index >= 15 is 0 Å². The van der Waals surface area contributed by atoms with Gasteiger partial charge < -0.3 is 10.5 Å². The van der Waals surface area contributed by atoms with Gasteiger partial charge in [0.15, 0.2) is 0 Å². The lowest BCUT2D eigenvalue weighted by atomic mass is 10.0. The molecule has 7 heteroatoms. The molecular formula is C11H13Cl3FNO2. The average molecular weight is 317 g/mol. The third kappa shape index (κ3) is 4.28. The Labute approximate surface area is 121 Å². The fourth-order valence-electron chi connectivity index (χ4n) is 1.38. The second kappa shape index (κ2) is 7.79. The topological polar surface area (TPSA) is 52.3 Å². The highest BCUT2D eigenvalue weighted by molar-refractivity contribution is 6.33. The van der Waals surface area contributed by atoms with Crippen molar-refractivity contribution < 1.29 is 13.9 Å². The van der Waals surface area contributed by atoms with Crippen molar-refractivity contribution in [3.8, 4) is 0 Å². The predicted octanol–water partition coefficient (Wildman–Crippen LogP) is 3.51. The summed E-state index contributed by atoms with van der Waals surface area (Å²) in [6.45, 7) is 1.92. The monoisotopic (exact) mass is 315 g/mol. The molecule has 0 saturated carbocycles. The van der Waals surface area contributed by atoms with Crippen LogP contribution in [0.25, 0.3) is 0 Å². The third-order valence-corrected chi connectivity index (χ3v) is 2.76. The number of benzene rings is 1. The van der Waals surface area contributed by atoms with Crippen LogP contribution >= 0.6 is 35.6 Å². The van der Waals surface area contributed by atoms with Crippen LogP contribution in [0.5, 0.6) is 0 Å². The summed E-state index contributed by atoms with van der Waals surface area (Å²) >= 11 is 11.4. The number of nitrogens with two attached hydrogens (primary N) is 1. The van der Waals surface area contributed by atoms with Gasteiger partial charge in [-0.25, -0.2) is 4.39 Å². The number of hydrogen-bond acceptors (Lipinski definition) is 3. The van der Waals surface area contributed by atoms with Crippen LogP contribution in [0.1, 0.15) is 24.9 Å². The number of hydrogen-bond donors (Lipinski definition) is 1. The molecule has 0 aliphatic heterocycles. The summed E-state index contributed by atoms with van der Waals surface area (Å²) in [5, 5.41) is 0.0624. The van der Waals surface area contributed by atoms with Crippen molar-refractivity contribution in [3.05, 3.63) is 33.6 Å². The van der Waals surface area contributed by atoms with E-state index in [1.54, 1.807) is 6.92 Å². The summed E-state index contributed by atoms with van der Waals surface area (Å²) in [4.78, 5) is 11.2. The molecule has 102 valence electrons. The molecule has 0 unspecified atom stereocenters. The van der Waals surface area contributed by atoms with Crippen molar-refractivity contribution >= 4 is 41.6 Å². The molecule has 0 aromatic heterocycles. The molecule has 0 bridgehead atoms. The molecule has 0 spiro atoms. The molecule has 1 aromatic rings. The third-order valence-electron chi connectivity index (χ3n) is 2.14. The zero-order chi connectivity index (χ0) is 13.0. The van der Waals surface area contributed by atoms with E-state index in [9.17, 15) is 9.18 Å². The molecule has 0 saturated heterocycles. The van der Waals surface area contributed by atoms with Gasteiger partial charge in [0, 0.05) is 16.6 Å². The van der Waals surface area contributed by atoms with Crippen LogP contribution in [0, 0.1) is 5.82 Å². The lowest BCUT2D eigenvalue weighted by Gasteiger charge is -2.14. The highest BCUT2D eigenvalue weighted by Crippen LogP contribution is 2.30. The summed E-state index contributed by atoms with van der Waals surface area (Å²) in [5.74, 6) is -1.20. The van der Waals surface area contributed by atoms with Crippen molar-refractivity contribution in [2.75, 3.05) is 6.61 Å². The Balaban J connectivity index is 0.00000289. The molecule has 18 heavy (non-hydrogen) atoms. The molecule has 0 radical (unpaired) electrons. The first-order valence-electron chi connectivity index (χ1n) is 5.02. The van der Waals surface area contributed by atoms with E-state index < -0.39 is 17.8 Å². The summed E-state index contributed by atoms with van der Waals surface area (Å²) in [6, 6.07) is 1.90. The average Bonchev–Trinajstić information content (AvgIpc) is 2.24. The second-order valence-corrected chi connectivity index (χ2v) is 4.19. The van der Waals surface area contributed by atoms with Crippen molar-refractivity contribution in [1.29, 1.82) is 0 Å².